The summed E-state index contributed by atoms with van der Waals surface area (Å²) in [5.74, 6) is -2.28. The van der Waals surface area contributed by atoms with Crippen molar-refractivity contribution in [2.24, 2.45) is 0 Å². The molecule has 2 aromatic carbocycles. The van der Waals surface area contributed by atoms with Gasteiger partial charge in [0.05, 0.1) is 16.6 Å². The molecule has 1 aliphatic rings. The van der Waals surface area contributed by atoms with E-state index < -0.39 is 32.7 Å². The number of anilines is 2. The molecule has 0 saturated heterocycles. The summed E-state index contributed by atoms with van der Waals surface area (Å²) in [6.45, 7) is 0.632. The fourth-order valence-electron chi connectivity index (χ4n) is 3.22. The van der Waals surface area contributed by atoms with E-state index in [1.807, 2.05) is 0 Å². The predicted molar refractivity (Wildman–Crippen MR) is 94.5 cm³/mol. The largest absolute Gasteiger partial charge is 0.320 e. The number of halogens is 3. The van der Waals surface area contributed by atoms with Crippen LogP contribution in [0.15, 0.2) is 36.4 Å². The fraction of sp³-hybridized carbons (Fsp3) is 0.333. The summed E-state index contributed by atoms with van der Waals surface area (Å²) in [5.41, 5.74) is 0.414. The second-order valence-corrected chi connectivity index (χ2v) is 8.31. The third-order valence-electron chi connectivity index (χ3n) is 4.47. The van der Waals surface area contributed by atoms with E-state index in [1.165, 1.54) is 12.1 Å². The second kappa shape index (κ2) is 7.28. The van der Waals surface area contributed by atoms with Crippen LogP contribution in [0.3, 0.4) is 0 Å². The van der Waals surface area contributed by atoms with Crippen LogP contribution in [0.4, 0.5) is 24.5 Å². The Morgan fingerprint density at radius 1 is 1.08 bits per heavy atom. The molecular weight excluding hydrogens is 365 g/mol. The molecule has 0 aliphatic carbocycles. The first-order valence-electron chi connectivity index (χ1n) is 8.27. The van der Waals surface area contributed by atoms with E-state index in [9.17, 15) is 21.6 Å². The highest BCUT2D eigenvalue weighted by atomic mass is 32.2. The van der Waals surface area contributed by atoms with Gasteiger partial charge in [-0.3, -0.25) is 0 Å². The Balaban J connectivity index is 2.13. The topological polar surface area (TPSA) is 49.4 Å². The van der Waals surface area contributed by atoms with Crippen LogP contribution in [0.1, 0.15) is 18.4 Å². The summed E-state index contributed by atoms with van der Waals surface area (Å²) in [4.78, 5) is 0. The third kappa shape index (κ3) is 3.43. The molecule has 1 atom stereocenters. The quantitative estimate of drug-likeness (QED) is 0.803. The van der Waals surface area contributed by atoms with Gasteiger partial charge in [0.1, 0.15) is 11.6 Å². The van der Waals surface area contributed by atoms with E-state index in [-0.39, 0.29) is 17.8 Å². The average molecular weight is 384 g/mol. The van der Waals surface area contributed by atoms with E-state index >= 15 is 0 Å². The molecule has 3 rings (SSSR count). The summed E-state index contributed by atoms with van der Waals surface area (Å²) in [7, 11) is -2.17. The Bertz CT molecular complexity index is 919. The van der Waals surface area contributed by atoms with Crippen LogP contribution in [0, 0.1) is 17.5 Å². The molecule has 0 unspecified atom stereocenters. The third-order valence-corrected chi connectivity index (χ3v) is 6.61. The van der Waals surface area contributed by atoms with Gasteiger partial charge in [-0.25, -0.2) is 25.9 Å². The maximum Gasteiger partial charge on any atom is 0.242 e. The minimum Gasteiger partial charge on any atom is -0.320 e. The lowest BCUT2D eigenvalue weighted by atomic mass is 10.0. The van der Waals surface area contributed by atoms with Gasteiger partial charge in [-0.1, -0.05) is 0 Å². The smallest absolute Gasteiger partial charge is 0.242 e. The van der Waals surface area contributed by atoms with Crippen LogP contribution >= 0.6 is 0 Å². The first-order valence-corrected chi connectivity index (χ1v) is 9.77. The first-order chi connectivity index (χ1) is 12.3. The maximum atomic E-state index is 14.4. The molecule has 2 aromatic rings. The SMILES string of the molecule is CNCCC[C@H]1Cc2cc(F)ccc2N(c2ccc(F)cc2F)S1(=O)=O. The van der Waals surface area contributed by atoms with Gasteiger partial charge in [0.25, 0.3) is 0 Å². The highest BCUT2D eigenvalue weighted by molar-refractivity contribution is 7.93. The Morgan fingerprint density at radius 3 is 2.38 bits per heavy atom. The van der Waals surface area contributed by atoms with Crippen molar-refractivity contribution in [3.63, 3.8) is 0 Å². The summed E-state index contributed by atoms with van der Waals surface area (Å²) in [6.07, 6.45) is 1.10. The number of rotatable bonds is 5. The van der Waals surface area contributed by atoms with Crippen molar-refractivity contribution >= 4 is 21.4 Å². The van der Waals surface area contributed by atoms with Gasteiger partial charge < -0.3 is 5.32 Å². The van der Waals surface area contributed by atoms with Gasteiger partial charge in [0.15, 0.2) is 5.82 Å². The van der Waals surface area contributed by atoms with Crippen molar-refractivity contribution in [1.82, 2.24) is 5.32 Å². The first kappa shape index (κ1) is 18.7. The lowest BCUT2D eigenvalue weighted by molar-refractivity contribution is 0.549. The van der Waals surface area contributed by atoms with Crippen LogP contribution in [-0.4, -0.2) is 27.3 Å². The van der Waals surface area contributed by atoms with Crippen LogP contribution in [0.25, 0.3) is 0 Å². The molecule has 0 aromatic heterocycles. The summed E-state index contributed by atoms with van der Waals surface area (Å²) in [6, 6.07) is 6.44. The fourth-order valence-corrected chi connectivity index (χ4v) is 5.25. The van der Waals surface area contributed by atoms with Crippen molar-refractivity contribution in [1.29, 1.82) is 0 Å². The molecule has 0 radical (unpaired) electrons. The lowest BCUT2D eigenvalue weighted by Gasteiger charge is -2.35. The molecule has 0 bridgehead atoms. The number of fused-ring (bicyclic) bond motifs is 1. The van der Waals surface area contributed by atoms with Gasteiger partial charge in [-0.05, 0) is 68.8 Å². The van der Waals surface area contributed by atoms with E-state index in [1.54, 1.807) is 7.05 Å². The second-order valence-electron chi connectivity index (χ2n) is 6.25. The van der Waals surface area contributed by atoms with E-state index in [0.29, 0.717) is 31.0 Å². The molecule has 140 valence electrons. The van der Waals surface area contributed by atoms with E-state index in [2.05, 4.69) is 5.32 Å². The Morgan fingerprint density at radius 2 is 1.73 bits per heavy atom. The van der Waals surface area contributed by atoms with Crippen molar-refractivity contribution in [3.05, 3.63) is 59.4 Å². The Labute approximate surface area is 150 Å². The Hall–Kier alpha value is -2.06. The van der Waals surface area contributed by atoms with Crippen LogP contribution in [0.5, 0.6) is 0 Å². The number of nitrogens with zero attached hydrogens (tertiary/aromatic N) is 1. The predicted octanol–water partition coefficient (Wildman–Crippen LogP) is 3.50. The molecule has 8 heteroatoms. The standard InChI is InChI=1S/C18H19F3N2O2S/c1-22-8-2-3-15-10-12-9-13(19)4-6-17(12)23(26(15,24)25)18-7-5-14(20)11-16(18)21/h4-7,9,11,15,22H,2-3,8,10H2,1H3/t15-/m0/s1. The number of sulfonamides is 1. The van der Waals surface area contributed by atoms with Crippen molar-refractivity contribution < 1.29 is 21.6 Å². The van der Waals surface area contributed by atoms with Crippen LogP contribution in [0.2, 0.25) is 0 Å². The van der Waals surface area contributed by atoms with Gasteiger partial charge in [0, 0.05) is 6.07 Å². The highest BCUT2D eigenvalue weighted by Gasteiger charge is 2.40. The molecule has 0 saturated carbocycles. The van der Waals surface area contributed by atoms with Crippen molar-refractivity contribution in [3.8, 4) is 0 Å². The molecule has 1 heterocycles. The number of benzene rings is 2. The zero-order chi connectivity index (χ0) is 18.9. The van der Waals surface area contributed by atoms with Gasteiger partial charge >= 0.3 is 0 Å². The van der Waals surface area contributed by atoms with Gasteiger partial charge in [-0.15, -0.1) is 0 Å². The van der Waals surface area contributed by atoms with Crippen molar-refractivity contribution in [2.75, 3.05) is 17.9 Å². The summed E-state index contributed by atoms with van der Waals surface area (Å²) in [5, 5.41) is 2.14. The number of hydrogen-bond acceptors (Lipinski definition) is 3. The zero-order valence-electron chi connectivity index (χ0n) is 14.2. The normalized spacial score (nSPS) is 18.6. The van der Waals surface area contributed by atoms with E-state index in [0.717, 1.165) is 22.5 Å². The van der Waals surface area contributed by atoms with Crippen LogP contribution in [-0.2, 0) is 16.4 Å². The maximum absolute atomic E-state index is 14.4. The van der Waals surface area contributed by atoms with Crippen molar-refractivity contribution in [2.45, 2.75) is 24.5 Å². The van der Waals surface area contributed by atoms with E-state index in [4.69, 9.17) is 0 Å². The van der Waals surface area contributed by atoms with Gasteiger partial charge in [0.2, 0.25) is 10.0 Å². The summed E-state index contributed by atoms with van der Waals surface area (Å²) >= 11 is 0. The molecule has 4 nitrogen and oxygen atoms in total. The minimum absolute atomic E-state index is 0.151. The highest BCUT2D eigenvalue weighted by Crippen LogP contribution is 2.41. The lowest BCUT2D eigenvalue weighted by Crippen LogP contribution is -2.42. The average Bonchev–Trinajstić information content (AvgIpc) is 2.57. The molecule has 1 N–H and O–H groups in total. The zero-order valence-corrected chi connectivity index (χ0v) is 15.0. The molecular formula is C18H19F3N2O2S. The molecule has 0 amide bonds. The molecule has 1 aliphatic heterocycles. The summed E-state index contributed by atoms with van der Waals surface area (Å²) < 4.78 is 68.5. The minimum atomic E-state index is -3.94. The molecule has 26 heavy (non-hydrogen) atoms. The number of nitrogens with one attached hydrogen (secondary N) is 1. The monoisotopic (exact) mass is 384 g/mol. The Kier molecular flexibility index (Phi) is 5.24. The molecule has 0 spiro atoms. The molecule has 0 fully saturated rings. The number of hydrogen-bond donors (Lipinski definition) is 1. The van der Waals surface area contributed by atoms with Crippen LogP contribution < -0.4 is 9.62 Å². The van der Waals surface area contributed by atoms with Gasteiger partial charge in [-0.2, -0.15) is 0 Å².